The van der Waals surface area contributed by atoms with Gasteiger partial charge in [-0.05, 0) is 25.7 Å². The molecule has 1 aromatic carbocycles. The fraction of sp³-hybridized carbons (Fsp3) is 0.571. The number of aromatic nitrogens is 1. The highest BCUT2D eigenvalue weighted by molar-refractivity contribution is 7.14. The Morgan fingerprint density at radius 1 is 0.792 bits per heavy atom. The van der Waals surface area contributed by atoms with Crippen LogP contribution in [0.2, 0.25) is 0 Å². The van der Waals surface area contributed by atoms with Crippen molar-refractivity contribution in [3.63, 3.8) is 0 Å². The first-order valence-corrected chi connectivity index (χ1v) is 10.6. The molecule has 2 aromatic rings. The van der Waals surface area contributed by atoms with Crippen LogP contribution >= 0.6 is 11.3 Å². The zero-order chi connectivity index (χ0) is 16.2. The summed E-state index contributed by atoms with van der Waals surface area (Å²) in [6.07, 6.45) is 13.8. The largest absolute Gasteiger partial charge is 0.342 e. The quantitative estimate of drug-likeness (QED) is 0.651. The number of rotatable bonds is 4. The summed E-state index contributed by atoms with van der Waals surface area (Å²) < 4.78 is 0. The maximum Gasteiger partial charge on any atom is 0.186 e. The first-order chi connectivity index (χ1) is 11.9. The monoisotopic (exact) mass is 340 g/mol. The molecule has 2 nitrogen and oxygen atoms in total. The van der Waals surface area contributed by atoms with Gasteiger partial charge in [-0.1, -0.05) is 68.9 Å². The van der Waals surface area contributed by atoms with E-state index in [-0.39, 0.29) is 0 Å². The van der Waals surface area contributed by atoms with Crippen molar-refractivity contribution in [2.75, 3.05) is 4.90 Å². The molecular formula is C21H28N2S. The van der Waals surface area contributed by atoms with Crippen LogP contribution < -0.4 is 4.90 Å². The predicted octanol–water partition coefficient (Wildman–Crippen LogP) is 6.28. The van der Waals surface area contributed by atoms with Crippen LogP contribution in [0, 0.1) is 0 Å². The van der Waals surface area contributed by atoms with Gasteiger partial charge in [-0.2, -0.15) is 0 Å². The molecule has 0 radical (unpaired) electrons. The fourth-order valence-electron chi connectivity index (χ4n) is 4.45. The maximum atomic E-state index is 5.08. The molecule has 128 valence electrons. The lowest BCUT2D eigenvalue weighted by molar-refractivity contribution is 0.339. The standard InChI is InChI=1S/C21H28N2S/c1-4-10-17(11-5-1)20-16-24-21(22-20)23(18-12-6-2-7-13-18)19-14-8-3-9-15-19/h1,4-5,10-11,16,18-19H,2-3,6-9,12-15H2. The summed E-state index contributed by atoms with van der Waals surface area (Å²) >= 11 is 1.85. The normalized spacial score (nSPS) is 20.2. The van der Waals surface area contributed by atoms with Gasteiger partial charge >= 0.3 is 0 Å². The lowest BCUT2D eigenvalue weighted by Crippen LogP contribution is -2.45. The minimum absolute atomic E-state index is 0.719. The van der Waals surface area contributed by atoms with Crippen molar-refractivity contribution in [3.05, 3.63) is 35.7 Å². The number of benzene rings is 1. The zero-order valence-electron chi connectivity index (χ0n) is 14.5. The van der Waals surface area contributed by atoms with Crippen molar-refractivity contribution < 1.29 is 0 Å². The highest BCUT2D eigenvalue weighted by Gasteiger charge is 2.30. The third kappa shape index (κ3) is 3.51. The molecular weight excluding hydrogens is 312 g/mol. The van der Waals surface area contributed by atoms with Crippen molar-refractivity contribution >= 4 is 16.5 Å². The van der Waals surface area contributed by atoms with E-state index in [1.165, 1.54) is 74.9 Å². The number of thiazole rings is 1. The van der Waals surface area contributed by atoms with Crippen LogP contribution in [0.1, 0.15) is 64.2 Å². The Kier molecular flexibility index (Phi) is 5.17. The van der Waals surface area contributed by atoms with Gasteiger partial charge in [0.25, 0.3) is 0 Å². The summed E-state index contributed by atoms with van der Waals surface area (Å²) in [5.74, 6) is 0. The summed E-state index contributed by atoms with van der Waals surface area (Å²) in [5.41, 5.74) is 2.39. The van der Waals surface area contributed by atoms with Crippen LogP contribution in [0.25, 0.3) is 11.3 Å². The molecule has 24 heavy (non-hydrogen) atoms. The number of hydrogen-bond acceptors (Lipinski definition) is 3. The summed E-state index contributed by atoms with van der Waals surface area (Å²) in [7, 11) is 0. The van der Waals surface area contributed by atoms with Gasteiger partial charge < -0.3 is 4.90 Å². The van der Waals surface area contributed by atoms with Crippen LogP contribution in [0.15, 0.2) is 35.7 Å². The molecule has 0 bridgehead atoms. The van der Waals surface area contributed by atoms with Crippen molar-refractivity contribution in [1.29, 1.82) is 0 Å². The minimum atomic E-state index is 0.719. The van der Waals surface area contributed by atoms with E-state index in [1.54, 1.807) is 0 Å². The van der Waals surface area contributed by atoms with Crippen molar-refractivity contribution in [3.8, 4) is 11.3 Å². The smallest absolute Gasteiger partial charge is 0.186 e. The molecule has 0 aliphatic heterocycles. The van der Waals surface area contributed by atoms with E-state index in [4.69, 9.17) is 4.98 Å². The lowest BCUT2D eigenvalue weighted by atomic mass is 9.89. The summed E-state index contributed by atoms with van der Waals surface area (Å²) in [5, 5.41) is 3.52. The van der Waals surface area contributed by atoms with E-state index in [0.29, 0.717) is 0 Å². The zero-order valence-corrected chi connectivity index (χ0v) is 15.3. The second-order valence-electron chi connectivity index (χ2n) is 7.37. The molecule has 4 rings (SSSR count). The average molecular weight is 341 g/mol. The SMILES string of the molecule is c1ccc(-c2csc(N(C3CCCCC3)C3CCCCC3)n2)cc1. The van der Waals surface area contributed by atoms with E-state index < -0.39 is 0 Å². The Bertz CT molecular complexity index is 606. The fourth-order valence-corrected chi connectivity index (χ4v) is 5.43. The highest BCUT2D eigenvalue weighted by atomic mass is 32.1. The number of nitrogens with zero attached hydrogens (tertiary/aromatic N) is 2. The van der Waals surface area contributed by atoms with Gasteiger partial charge in [0.05, 0.1) is 5.69 Å². The third-order valence-corrected chi connectivity index (χ3v) is 6.57. The molecule has 0 unspecified atom stereocenters. The average Bonchev–Trinajstić information content (AvgIpc) is 3.14. The predicted molar refractivity (Wildman–Crippen MR) is 104 cm³/mol. The van der Waals surface area contributed by atoms with E-state index in [1.807, 2.05) is 11.3 Å². The summed E-state index contributed by atoms with van der Waals surface area (Å²) in [4.78, 5) is 7.82. The molecule has 0 spiro atoms. The molecule has 2 aliphatic carbocycles. The van der Waals surface area contributed by atoms with Crippen molar-refractivity contribution in [2.24, 2.45) is 0 Å². The molecule has 0 atom stereocenters. The van der Waals surface area contributed by atoms with Gasteiger partial charge in [0.1, 0.15) is 0 Å². The lowest BCUT2D eigenvalue weighted by Gasteiger charge is -2.41. The van der Waals surface area contributed by atoms with Crippen LogP contribution in [0.4, 0.5) is 5.13 Å². The molecule has 3 heteroatoms. The summed E-state index contributed by atoms with van der Waals surface area (Å²) in [6, 6.07) is 12.1. The van der Waals surface area contributed by atoms with E-state index in [2.05, 4.69) is 40.6 Å². The Labute approximate surface area is 149 Å². The Morgan fingerprint density at radius 3 is 1.96 bits per heavy atom. The van der Waals surface area contributed by atoms with Crippen LogP contribution in [-0.2, 0) is 0 Å². The van der Waals surface area contributed by atoms with Gasteiger partial charge in [0, 0.05) is 23.0 Å². The molecule has 0 amide bonds. The van der Waals surface area contributed by atoms with Crippen LogP contribution in [0.5, 0.6) is 0 Å². The molecule has 2 fully saturated rings. The van der Waals surface area contributed by atoms with Crippen molar-refractivity contribution in [1.82, 2.24) is 4.98 Å². The van der Waals surface area contributed by atoms with Gasteiger partial charge in [-0.25, -0.2) is 4.98 Å². The van der Waals surface area contributed by atoms with Gasteiger partial charge in [-0.3, -0.25) is 0 Å². The first kappa shape index (κ1) is 16.1. The number of hydrogen-bond donors (Lipinski definition) is 0. The molecule has 1 aromatic heterocycles. The summed E-state index contributed by atoms with van der Waals surface area (Å²) in [6.45, 7) is 0. The Hall–Kier alpha value is -1.35. The third-order valence-electron chi connectivity index (χ3n) is 5.72. The van der Waals surface area contributed by atoms with Gasteiger partial charge in [0.2, 0.25) is 0 Å². The minimum Gasteiger partial charge on any atom is -0.342 e. The molecule has 2 saturated carbocycles. The van der Waals surface area contributed by atoms with E-state index in [0.717, 1.165) is 17.8 Å². The molecule has 0 saturated heterocycles. The van der Waals surface area contributed by atoms with Crippen LogP contribution in [0.3, 0.4) is 0 Å². The molecule has 0 N–H and O–H groups in total. The Morgan fingerprint density at radius 2 is 1.38 bits per heavy atom. The van der Waals surface area contributed by atoms with Crippen molar-refractivity contribution in [2.45, 2.75) is 76.3 Å². The molecule has 1 heterocycles. The molecule has 2 aliphatic rings. The van der Waals surface area contributed by atoms with Gasteiger partial charge in [-0.15, -0.1) is 11.3 Å². The maximum absolute atomic E-state index is 5.08. The second-order valence-corrected chi connectivity index (χ2v) is 8.21. The second kappa shape index (κ2) is 7.69. The Balaban J connectivity index is 1.61. The van der Waals surface area contributed by atoms with E-state index in [9.17, 15) is 0 Å². The highest BCUT2D eigenvalue weighted by Crippen LogP contribution is 2.37. The number of anilines is 1. The topological polar surface area (TPSA) is 16.1 Å². The van der Waals surface area contributed by atoms with Crippen LogP contribution in [-0.4, -0.2) is 17.1 Å². The van der Waals surface area contributed by atoms with Gasteiger partial charge in [0.15, 0.2) is 5.13 Å². The first-order valence-electron chi connectivity index (χ1n) is 9.71. The van der Waals surface area contributed by atoms with E-state index >= 15 is 0 Å².